The predicted molar refractivity (Wildman–Crippen MR) is 149 cm³/mol. The van der Waals surface area contributed by atoms with E-state index < -0.39 is 12.0 Å². The van der Waals surface area contributed by atoms with E-state index in [1.165, 1.54) is 4.88 Å². The first-order valence-corrected chi connectivity index (χ1v) is 13.8. The van der Waals surface area contributed by atoms with Gasteiger partial charge >= 0.3 is 6.18 Å². The van der Waals surface area contributed by atoms with Crippen molar-refractivity contribution in [3.8, 4) is 16.5 Å². The molecule has 6 rings (SSSR count). The Morgan fingerprint density at radius 1 is 0.923 bits per heavy atom. The number of alkyl halides is 3. The fourth-order valence-electron chi connectivity index (χ4n) is 4.93. The number of piperazine rings is 1. The predicted octanol–water partition coefficient (Wildman–Crippen LogP) is 6.51. The number of aromatic amines is 2. The topological polar surface area (TPSA) is 73.1 Å². The normalized spacial score (nSPS) is 15.2. The van der Waals surface area contributed by atoms with E-state index in [1.54, 1.807) is 29.5 Å². The van der Waals surface area contributed by atoms with E-state index in [9.17, 15) is 13.2 Å². The van der Waals surface area contributed by atoms with Crippen LogP contribution in [0.5, 0.6) is 5.75 Å². The van der Waals surface area contributed by atoms with Gasteiger partial charge in [-0.05, 0) is 42.3 Å². The van der Waals surface area contributed by atoms with Gasteiger partial charge in [0.05, 0.1) is 21.6 Å². The quantitative estimate of drug-likeness (QED) is 0.240. The maximum absolute atomic E-state index is 13.0. The summed E-state index contributed by atoms with van der Waals surface area (Å²) in [6.45, 7) is 8.84. The van der Waals surface area contributed by atoms with Gasteiger partial charge in [-0.1, -0.05) is 26.0 Å². The van der Waals surface area contributed by atoms with Gasteiger partial charge < -0.3 is 19.6 Å². The third kappa shape index (κ3) is 5.20. The van der Waals surface area contributed by atoms with Crippen LogP contribution >= 0.6 is 11.3 Å². The summed E-state index contributed by atoms with van der Waals surface area (Å²) < 4.78 is 45.0. The van der Waals surface area contributed by atoms with Gasteiger partial charge in [-0.15, -0.1) is 11.3 Å². The van der Waals surface area contributed by atoms with E-state index >= 15 is 0 Å². The summed E-state index contributed by atoms with van der Waals surface area (Å²) in [7, 11) is 0. The van der Waals surface area contributed by atoms with Crippen molar-refractivity contribution in [2.75, 3.05) is 44.2 Å². The maximum Gasteiger partial charge on any atom is 0.449 e. The Bertz CT molecular complexity index is 1600. The largest absolute Gasteiger partial charge is 0.490 e. The Balaban J connectivity index is 1.08. The number of nitrogens with zero attached hydrogens (tertiary/aromatic N) is 4. The van der Waals surface area contributed by atoms with E-state index in [0.29, 0.717) is 30.3 Å². The van der Waals surface area contributed by atoms with Crippen LogP contribution in [-0.4, -0.2) is 64.2 Å². The standard InChI is InChI=1S/C28H29F3N6OS/c1-17(2)22-9-10-23(39-22)26-32-18-5-3-7-20(24(18)34-26)37-13-11-36(12-14-37)15-16-38-21-8-4-6-19-25(21)35-27(33-19)28(29,30)31/h3-10,17H,11-16H2,1-2H3,(H,32,34)(H,33,35). The summed E-state index contributed by atoms with van der Waals surface area (Å²) in [5.41, 5.74) is 3.64. The number of fused-ring (bicyclic) bond motifs is 2. The molecule has 0 unspecified atom stereocenters. The number of benzene rings is 2. The van der Waals surface area contributed by atoms with Crippen LogP contribution in [0.2, 0.25) is 0 Å². The fraction of sp³-hybridized carbons (Fsp3) is 0.357. The zero-order valence-electron chi connectivity index (χ0n) is 21.7. The highest BCUT2D eigenvalue weighted by molar-refractivity contribution is 7.15. The molecule has 1 fully saturated rings. The SMILES string of the molecule is CC(C)c1ccc(-c2nc3c(N4CCN(CCOc5cccc6[nH]c(C(F)(F)F)nc56)CC4)cccc3[nH]2)s1. The molecule has 0 radical (unpaired) electrons. The number of para-hydroxylation sites is 2. The second-order valence-corrected chi connectivity index (χ2v) is 11.1. The Morgan fingerprint density at radius 2 is 1.67 bits per heavy atom. The molecule has 0 saturated carbocycles. The molecule has 5 aromatic rings. The number of H-pyrrole nitrogens is 2. The van der Waals surface area contributed by atoms with Gasteiger partial charge in [-0.2, -0.15) is 13.2 Å². The van der Waals surface area contributed by atoms with Crippen molar-refractivity contribution < 1.29 is 17.9 Å². The number of anilines is 1. The molecule has 2 aromatic carbocycles. The zero-order valence-corrected chi connectivity index (χ0v) is 22.5. The van der Waals surface area contributed by atoms with E-state index in [4.69, 9.17) is 9.72 Å². The lowest BCUT2D eigenvalue weighted by molar-refractivity contribution is -0.144. The molecule has 0 aliphatic carbocycles. The monoisotopic (exact) mass is 554 g/mol. The van der Waals surface area contributed by atoms with Gasteiger partial charge in [0.2, 0.25) is 5.82 Å². The van der Waals surface area contributed by atoms with Crippen molar-refractivity contribution in [3.05, 3.63) is 59.2 Å². The van der Waals surface area contributed by atoms with Gasteiger partial charge in [-0.25, -0.2) is 9.97 Å². The molecule has 1 aliphatic heterocycles. The highest BCUT2D eigenvalue weighted by atomic mass is 32.1. The lowest BCUT2D eigenvalue weighted by Gasteiger charge is -2.36. The van der Waals surface area contributed by atoms with Crippen molar-refractivity contribution >= 4 is 39.1 Å². The molecule has 1 saturated heterocycles. The smallest absolute Gasteiger partial charge is 0.449 e. The van der Waals surface area contributed by atoms with Crippen LogP contribution in [0.3, 0.4) is 0 Å². The number of ether oxygens (including phenoxy) is 1. The molecule has 0 atom stereocenters. The van der Waals surface area contributed by atoms with Crippen LogP contribution in [0.25, 0.3) is 32.8 Å². The van der Waals surface area contributed by atoms with Gasteiger partial charge in [-0.3, -0.25) is 4.90 Å². The van der Waals surface area contributed by atoms with Crippen molar-refractivity contribution in [3.63, 3.8) is 0 Å². The fourth-order valence-corrected chi connectivity index (χ4v) is 5.89. The van der Waals surface area contributed by atoms with Crippen molar-refractivity contribution in [1.82, 2.24) is 24.8 Å². The molecule has 0 spiro atoms. The molecule has 0 bridgehead atoms. The Kier molecular flexibility index (Phi) is 6.72. The summed E-state index contributed by atoms with van der Waals surface area (Å²) in [6.07, 6.45) is -4.53. The van der Waals surface area contributed by atoms with E-state index in [2.05, 4.69) is 68.9 Å². The number of thiophene rings is 1. The van der Waals surface area contributed by atoms with Crippen molar-refractivity contribution in [1.29, 1.82) is 0 Å². The second kappa shape index (κ2) is 10.2. The summed E-state index contributed by atoms with van der Waals surface area (Å²) >= 11 is 1.78. The third-order valence-corrected chi connectivity index (χ3v) is 8.44. The van der Waals surface area contributed by atoms with Gasteiger partial charge in [0.1, 0.15) is 29.2 Å². The molecular weight excluding hydrogens is 525 g/mol. The van der Waals surface area contributed by atoms with E-state index in [0.717, 1.165) is 53.6 Å². The van der Waals surface area contributed by atoms with Crippen LogP contribution in [0, 0.1) is 0 Å². The molecule has 0 amide bonds. The first-order chi connectivity index (χ1) is 18.8. The van der Waals surface area contributed by atoms with Crippen LogP contribution in [-0.2, 0) is 6.18 Å². The first kappa shape index (κ1) is 25.7. The highest BCUT2D eigenvalue weighted by Crippen LogP contribution is 2.34. The van der Waals surface area contributed by atoms with E-state index in [-0.39, 0.29) is 5.52 Å². The number of halogens is 3. The average molecular weight is 555 g/mol. The lowest BCUT2D eigenvalue weighted by atomic mass is 10.2. The van der Waals surface area contributed by atoms with Crippen LogP contribution in [0.1, 0.15) is 30.5 Å². The van der Waals surface area contributed by atoms with Crippen LogP contribution < -0.4 is 9.64 Å². The summed E-state index contributed by atoms with van der Waals surface area (Å²) in [4.78, 5) is 21.7. The third-order valence-electron chi connectivity index (χ3n) is 7.04. The highest BCUT2D eigenvalue weighted by Gasteiger charge is 2.35. The van der Waals surface area contributed by atoms with Gasteiger partial charge in [0, 0.05) is 37.6 Å². The molecule has 39 heavy (non-hydrogen) atoms. The second-order valence-electron chi connectivity index (χ2n) is 10.0. The minimum Gasteiger partial charge on any atom is -0.490 e. The van der Waals surface area contributed by atoms with Crippen LogP contribution in [0.15, 0.2) is 48.5 Å². The lowest BCUT2D eigenvalue weighted by Crippen LogP contribution is -2.47. The minimum absolute atomic E-state index is 0.198. The number of imidazole rings is 2. The molecule has 204 valence electrons. The molecule has 7 nitrogen and oxygen atoms in total. The number of aromatic nitrogens is 4. The number of nitrogens with one attached hydrogen (secondary N) is 2. The maximum atomic E-state index is 13.0. The van der Waals surface area contributed by atoms with Crippen LogP contribution in [0.4, 0.5) is 18.9 Å². The summed E-state index contributed by atoms with van der Waals surface area (Å²) in [5.74, 6) is 0.732. The molecule has 3 aromatic heterocycles. The summed E-state index contributed by atoms with van der Waals surface area (Å²) in [5, 5.41) is 0. The minimum atomic E-state index is -4.53. The number of hydrogen-bond donors (Lipinski definition) is 2. The number of rotatable bonds is 7. The first-order valence-electron chi connectivity index (χ1n) is 13.0. The molecular formula is C28H29F3N6OS. The molecule has 2 N–H and O–H groups in total. The molecule has 4 heterocycles. The van der Waals surface area contributed by atoms with E-state index in [1.807, 2.05) is 0 Å². The van der Waals surface area contributed by atoms with Crippen molar-refractivity contribution in [2.24, 2.45) is 0 Å². The Labute approximate surface area is 227 Å². The van der Waals surface area contributed by atoms with Gasteiger partial charge in [0.15, 0.2) is 0 Å². The summed E-state index contributed by atoms with van der Waals surface area (Å²) in [6, 6.07) is 15.5. The Hall–Kier alpha value is -3.57. The number of hydrogen-bond acceptors (Lipinski definition) is 6. The Morgan fingerprint density at radius 3 is 2.38 bits per heavy atom. The molecule has 1 aliphatic rings. The van der Waals surface area contributed by atoms with Gasteiger partial charge in [0.25, 0.3) is 0 Å². The molecule has 11 heteroatoms. The van der Waals surface area contributed by atoms with Crippen molar-refractivity contribution in [2.45, 2.75) is 25.9 Å². The zero-order chi connectivity index (χ0) is 27.1. The average Bonchev–Trinajstić information content (AvgIpc) is 3.66.